The predicted octanol–water partition coefficient (Wildman–Crippen LogP) is 1.64. The van der Waals surface area contributed by atoms with Gasteiger partial charge in [-0.25, -0.2) is 0 Å². The zero-order chi connectivity index (χ0) is 14.1. The monoisotopic (exact) mass is 266 g/mol. The Balaban J connectivity index is 2.49. The summed E-state index contributed by atoms with van der Waals surface area (Å²) in [5.41, 5.74) is 6.28. The molecule has 0 aromatic heterocycles. The first-order valence-corrected chi connectivity index (χ1v) is 6.44. The summed E-state index contributed by atoms with van der Waals surface area (Å²) in [5, 5.41) is 2.84. The topological polar surface area (TPSA) is 73.6 Å². The Bertz CT molecular complexity index is 375. The summed E-state index contributed by atoms with van der Waals surface area (Å²) in [6, 6.07) is 7.25. The molecular weight excluding hydrogens is 244 g/mol. The average Bonchev–Trinajstić information content (AvgIpc) is 2.42. The first-order chi connectivity index (χ1) is 9.21. The van der Waals surface area contributed by atoms with E-state index in [0.717, 1.165) is 17.9 Å². The number of rotatable bonds is 8. The maximum absolute atomic E-state index is 11.8. The highest BCUT2D eigenvalue weighted by molar-refractivity contribution is 5.92. The molecule has 1 unspecified atom stereocenters. The van der Waals surface area contributed by atoms with Crippen LogP contribution in [0.25, 0.3) is 0 Å². The van der Waals surface area contributed by atoms with Crippen LogP contribution in [0.15, 0.2) is 24.3 Å². The summed E-state index contributed by atoms with van der Waals surface area (Å²) in [6.07, 6.45) is 0.737. The zero-order valence-electron chi connectivity index (χ0n) is 11.5. The van der Waals surface area contributed by atoms with E-state index in [4.69, 9.17) is 15.2 Å². The number of carbonyl (C=O) groups excluding carboxylic acids is 1. The largest absolute Gasteiger partial charge is 0.491 e. The molecule has 0 aliphatic carbocycles. The highest BCUT2D eigenvalue weighted by atomic mass is 16.5. The number of benzene rings is 1. The molecule has 0 bridgehead atoms. The number of carbonyl (C=O) groups is 1. The van der Waals surface area contributed by atoms with Crippen LogP contribution in [0.4, 0.5) is 5.69 Å². The highest BCUT2D eigenvalue weighted by Crippen LogP contribution is 2.16. The quantitative estimate of drug-likeness (QED) is 0.701. The van der Waals surface area contributed by atoms with Gasteiger partial charge in [0.25, 0.3) is 0 Å². The van der Waals surface area contributed by atoms with Crippen LogP contribution in [0, 0.1) is 5.92 Å². The van der Waals surface area contributed by atoms with Crippen molar-refractivity contribution in [2.24, 2.45) is 11.7 Å². The molecule has 5 nitrogen and oxygen atoms in total. The van der Waals surface area contributed by atoms with Crippen LogP contribution in [0.5, 0.6) is 5.75 Å². The number of methoxy groups -OCH3 is 1. The smallest absolute Gasteiger partial charge is 0.228 e. The second kappa shape index (κ2) is 8.50. The highest BCUT2D eigenvalue weighted by Gasteiger charge is 2.14. The zero-order valence-corrected chi connectivity index (χ0v) is 11.5. The molecule has 0 saturated carbocycles. The molecule has 19 heavy (non-hydrogen) atoms. The summed E-state index contributed by atoms with van der Waals surface area (Å²) in [4.78, 5) is 11.8. The van der Waals surface area contributed by atoms with E-state index in [-0.39, 0.29) is 11.8 Å². The van der Waals surface area contributed by atoms with Crippen molar-refractivity contribution >= 4 is 11.6 Å². The first-order valence-electron chi connectivity index (χ1n) is 6.44. The fourth-order valence-corrected chi connectivity index (χ4v) is 1.58. The van der Waals surface area contributed by atoms with Gasteiger partial charge in [-0.3, -0.25) is 4.79 Å². The van der Waals surface area contributed by atoms with E-state index in [1.54, 1.807) is 7.11 Å². The molecule has 1 amide bonds. The maximum atomic E-state index is 11.8. The first kappa shape index (κ1) is 15.5. The van der Waals surface area contributed by atoms with Gasteiger partial charge < -0.3 is 20.5 Å². The molecule has 0 aliphatic heterocycles. The molecule has 0 fully saturated rings. The van der Waals surface area contributed by atoms with E-state index in [1.165, 1.54) is 0 Å². The number of hydrogen-bond donors (Lipinski definition) is 2. The normalized spacial score (nSPS) is 11.9. The molecule has 0 aliphatic rings. The molecule has 0 radical (unpaired) electrons. The van der Waals surface area contributed by atoms with Crippen molar-refractivity contribution in [2.45, 2.75) is 13.3 Å². The Kier molecular flexibility index (Phi) is 6.92. The summed E-state index contributed by atoms with van der Waals surface area (Å²) in [6.45, 7) is 3.37. The number of anilines is 1. The molecule has 0 heterocycles. The number of hydrogen-bond acceptors (Lipinski definition) is 4. The molecule has 1 rings (SSSR count). The van der Waals surface area contributed by atoms with Crippen molar-refractivity contribution in [3.63, 3.8) is 0 Å². The third-order valence-corrected chi connectivity index (χ3v) is 2.83. The van der Waals surface area contributed by atoms with Crippen molar-refractivity contribution in [1.29, 1.82) is 0 Å². The SMILES string of the molecule is CCC(CN)C(=O)Nc1ccc(OCCOC)cc1. The van der Waals surface area contributed by atoms with Crippen molar-refractivity contribution in [3.8, 4) is 5.75 Å². The lowest BCUT2D eigenvalue weighted by atomic mass is 10.1. The van der Waals surface area contributed by atoms with Crippen molar-refractivity contribution in [1.82, 2.24) is 0 Å². The predicted molar refractivity (Wildman–Crippen MR) is 75.3 cm³/mol. The van der Waals surface area contributed by atoms with Crippen molar-refractivity contribution < 1.29 is 14.3 Å². The van der Waals surface area contributed by atoms with E-state index in [2.05, 4.69) is 5.32 Å². The van der Waals surface area contributed by atoms with Crippen LogP contribution in [0.2, 0.25) is 0 Å². The third-order valence-electron chi connectivity index (χ3n) is 2.83. The Morgan fingerprint density at radius 1 is 1.32 bits per heavy atom. The van der Waals surface area contributed by atoms with Gasteiger partial charge in [0.2, 0.25) is 5.91 Å². The number of amides is 1. The van der Waals surface area contributed by atoms with Gasteiger partial charge in [-0.15, -0.1) is 0 Å². The Labute approximate surface area is 114 Å². The maximum Gasteiger partial charge on any atom is 0.228 e. The van der Waals surface area contributed by atoms with Gasteiger partial charge in [-0.1, -0.05) is 6.92 Å². The van der Waals surface area contributed by atoms with E-state index in [0.29, 0.717) is 19.8 Å². The molecule has 1 atom stereocenters. The minimum Gasteiger partial charge on any atom is -0.491 e. The van der Waals surface area contributed by atoms with Gasteiger partial charge >= 0.3 is 0 Å². The Morgan fingerprint density at radius 3 is 2.53 bits per heavy atom. The van der Waals surface area contributed by atoms with Gasteiger partial charge in [-0.05, 0) is 30.7 Å². The molecule has 1 aromatic carbocycles. The summed E-state index contributed by atoms with van der Waals surface area (Å²) in [7, 11) is 1.63. The summed E-state index contributed by atoms with van der Waals surface area (Å²) >= 11 is 0. The van der Waals surface area contributed by atoms with Crippen molar-refractivity contribution in [3.05, 3.63) is 24.3 Å². The standard InChI is InChI=1S/C14H22N2O3/c1-3-11(10-15)14(17)16-12-4-6-13(7-5-12)19-9-8-18-2/h4-7,11H,3,8-10,15H2,1-2H3,(H,16,17). The van der Waals surface area contributed by atoms with E-state index in [9.17, 15) is 4.79 Å². The van der Waals surface area contributed by atoms with Crippen LogP contribution in [-0.4, -0.2) is 32.8 Å². The molecule has 0 spiro atoms. The number of ether oxygens (including phenoxy) is 2. The molecular formula is C14H22N2O3. The Hall–Kier alpha value is -1.59. The number of nitrogens with two attached hydrogens (primary N) is 1. The lowest BCUT2D eigenvalue weighted by Gasteiger charge is -2.13. The van der Waals surface area contributed by atoms with Crippen LogP contribution >= 0.6 is 0 Å². The molecule has 3 N–H and O–H groups in total. The average molecular weight is 266 g/mol. The third kappa shape index (κ3) is 5.28. The molecule has 106 valence electrons. The second-order valence-electron chi connectivity index (χ2n) is 4.20. The summed E-state index contributed by atoms with van der Waals surface area (Å²) < 4.78 is 10.3. The van der Waals surface area contributed by atoms with E-state index < -0.39 is 0 Å². The van der Waals surface area contributed by atoms with Crippen LogP contribution in [0.3, 0.4) is 0 Å². The lowest BCUT2D eigenvalue weighted by molar-refractivity contribution is -0.119. The van der Waals surface area contributed by atoms with Crippen molar-refractivity contribution in [2.75, 3.05) is 32.2 Å². The number of nitrogens with one attached hydrogen (secondary N) is 1. The molecule has 1 aromatic rings. The summed E-state index contributed by atoms with van der Waals surface area (Å²) in [5.74, 6) is 0.566. The molecule has 5 heteroatoms. The van der Waals surface area contributed by atoms with Crippen LogP contribution in [0.1, 0.15) is 13.3 Å². The minimum absolute atomic E-state index is 0.0435. The van der Waals surface area contributed by atoms with Gasteiger partial charge in [0.15, 0.2) is 0 Å². The lowest BCUT2D eigenvalue weighted by Crippen LogP contribution is -2.28. The van der Waals surface area contributed by atoms with Crippen LogP contribution < -0.4 is 15.8 Å². The molecule has 0 saturated heterocycles. The van der Waals surface area contributed by atoms with Gasteiger partial charge in [0, 0.05) is 19.3 Å². The van der Waals surface area contributed by atoms with Gasteiger partial charge in [0.05, 0.1) is 12.5 Å². The fraction of sp³-hybridized carbons (Fsp3) is 0.500. The van der Waals surface area contributed by atoms with Crippen LogP contribution in [-0.2, 0) is 9.53 Å². The minimum atomic E-state index is -0.141. The van der Waals surface area contributed by atoms with E-state index >= 15 is 0 Å². The van der Waals surface area contributed by atoms with Gasteiger partial charge in [-0.2, -0.15) is 0 Å². The fourth-order valence-electron chi connectivity index (χ4n) is 1.58. The Morgan fingerprint density at radius 2 is 2.00 bits per heavy atom. The van der Waals surface area contributed by atoms with Gasteiger partial charge in [0.1, 0.15) is 12.4 Å². The van der Waals surface area contributed by atoms with E-state index in [1.807, 2.05) is 31.2 Å². The second-order valence-corrected chi connectivity index (χ2v) is 4.20.